The lowest BCUT2D eigenvalue weighted by molar-refractivity contribution is -0.162. The van der Waals surface area contributed by atoms with Crippen LogP contribution in [0.3, 0.4) is 0 Å². The number of imide groups is 1. The second kappa shape index (κ2) is 13.6. The Kier molecular flexibility index (Phi) is 11.4. The predicted octanol–water partition coefficient (Wildman–Crippen LogP) is 6.65. The maximum Gasteiger partial charge on any atom is 0.420 e. The fourth-order valence-corrected chi connectivity index (χ4v) is 4.17. The van der Waals surface area contributed by atoms with Crippen molar-refractivity contribution in [1.29, 1.82) is 0 Å². The molecule has 0 N–H and O–H groups in total. The average Bonchev–Trinajstić information content (AvgIpc) is 2.82. The van der Waals surface area contributed by atoms with Crippen molar-refractivity contribution in [3.05, 3.63) is 28.7 Å². The number of hydrogen-bond donors (Lipinski definition) is 0. The number of nitrogens with zero attached hydrogens (tertiary/aromatic N) is 1. The monoisotopic (exact) mass is 599 g/mol. The summed E-state index contributed by atoms with van der Waals surface area (Å²) in [6.45, 7) is 14.3. The predicted molar refractivity (Wildman–Crippen MR) is 146 cm³/mol. The Labute approximate surface area is 234 Å². The first-order valence-electron chi connectivity index (χ1n) is 13.1. The smallest absolute Gasteiger partial charge is 0.420 e. The van der Waals surface area contributed by atoms with Crippen molar-refractivity contribution in [2.75, 3.05) is 6.61 Å². The normalized spacial score (nSPS) is 22.8. The number of carbonyl (C=O) groups is 3. The van der Waals surface area contributed by atoms with E-state index in [2.05, 4.69) is 15.9 Å². The first-order valence-corrected chi connectivity index (χ1v) is 13.9. The molecule has 0 aromatic heterocycles. The van der Waals surface area contributed by atoms with Gasteiger partial charge in [0.25, 0.3) is 0 Å². The van der Waals surface area contributed by atoms with E-state index in [0.717, 1.165) is 15.8 Å². The van der Waals surface area contributed by atoms with Gasteiger partial charge in [0.05, 0.1) is 6.10 Å². The summed E-state index contributed by atoms with van der Waals surface area (Å²) < 4.78 is 30.1. The quantitative estimate of drug-likeness (QED) is 0.264. The second-order valence-electron chi connectivity index (χ2n) is 11.4. The zero-order valence-corrected chi connectivity index (χ0v) is 25.3. The molecule has 0 spiro atoms. The molecule has 0 bridgehead atoms. The van der Waals surface area contributed by atoms with Gasteiger partial charge in [0.1, 0.15) is 29.1 Å². The second-order valence-corrected chi connectivity index (χ2v) is 12.3. The van der Waals surface area contributed by atoms with Gasteiger partial charge in [-0.25, -0.2) is 14.4 Å². The van der Waals surface area contributed by atoms with Crippen LogP contribution in [-0.2, 0) is 23.7 Å². The van der Waals surface area contributed by atoms with E-state index in [-0.39, 0.29) is 12.5 Å². The molecule has 0 radical (unpaired) electrons. The van der Waals surface area contributed by atoms with E-state index >= 15 is 0 Å². The maximum atomic E-state index is 13.5. The van der Waals surface area contributed by atoms with Gasteiger partial charge >= 0.3 is 18.2 Å². The van der Waals surface area contributed by atoms with E-state index in [1.165, 1.54) is 0 Å². The third-order valence-corrected chi connectivity index (χ3v) is 6.01. The van der Waals surface area contributed by atoms with Gasteiger partial charge in [-0.1, -0.05) is 22.9 Å². The number of cyclic esters (lactones) is 1. The molecule has 1 aromatic carbocycles. The zero-order valence-electron chi connectivity index (χ0n) is 23.7. The number of ether oxygens (including phenoxy) is 5. The van der Waals surface area contributed by atoms with Crippen LogP contribution in [-0.4, -0.2) is 65.2 Å². The van der Waals surface area contributed by atoms with Crippen molar-refractivity contribution in [3.8, 4) is 5.75 Å². The van der Waals surface area contributed by atoms with Gasteiger partial charge in [0.15, 0.2) is 6.10 Å². The maximum absolute atomic E-state index is 13.5. The summed E-state index contributed by atoms with van der Waals surface area (Å²) in [4.78, 5) is 40.6. The molecule has 2 rings (SSSR count). The number of carbonyl (C=O) groups excluding carboxylic acids is 3. The topological polar surface area (TPSA) is 101 Å². The molecule has 4 atom stereocenters. The molecule has 2 amide bonds. The molecule has 1 heterocycles. The molecule has 4 unspecified atom stereocenters. The van der Waals surface area contributed by atoms with Gasteiger partial charge in [-0.3, -0.25) is 0 Å². The molecule has 1 aromatic rings. The van der Waals surface area contributed by atoms with Crippen LogP contribution < -0.4 is 4.74 Å². The van der Waals surface area contributed by atoms with E-state index in [1.807, 2.05) is 31.2 Å². The third-order valence-electron chi connectivity index (χ3n) is 5.48. The molecular formula is C28H42BrNO8. The van der Waals surface area contributed by atoms with E-state index in [9.17, 15) is 14.4 Å². The minimum Gasteiger partial charge on any atom is -0.484 e. The van der Waals surface area contributed by atoms with Crippen LogP contribution in [0.1, 0.15) is 81.1 Å². The molecule has 214 valence electrons. The molecule has 38 heavy (non-hydrogen) atoms. The van der Waals surface area contributed by atoms with Crippen LogP contribution in [0.25, 0.3) is 0 Å². The van der Waals surface area contributed by atoms with Gasteiger partial charge in [-0.05, 0) is 98.4 Å². The van der Waals surface area contributed by atoms with E-state index in [0.29, 0.717) is 25.2 Å². The van der Waals surface area contributed by atoms with Crippen molar-refractivity contribution < 1.29 is 38.1 Å². The highest BCUT2D eigenvalue weighted by Crippen LogP contribution is 2.28. The summed E-state index contributed by atoms with van der Waals surface area (Å²) in [6.07, 6.45) is -1.72. The van der Waals surface area contributed by atoms with Crippen molar-refractivity contribution in [2.24, 2.45) is 0 Å². The van der Waals surface area contributed by atoms with Gasteiger partial charge in [-0.2, -0.15) is 4.90 Å². The molecule has 9 nitrogen and oxygen atoms in total. The number of halogens is 1. The Balaban J connectivity index is 2.39. The highest BCUT2D eigenvalue weighted by atomic mass is 79.9. The lowest BCUT2D eigenvalue weighted by atomic mass is 10.0. The van der Waals surface area contributed by atoms with Crippen LogP contribution in [0.2, 0.25) is 0 Å². The van der Waals surface area contributed by atoms with Gasteiger partial charge < -0.3 is 23.7 Å². The summed E-state index contributed by atoms with van der Waals surface area (Å²) in [7, 11) is 0. The molecular weight excluding hydrogens is 558 g/mol. The minimum absolute atomic E-state index is 0.154. The van der Waals surface area contributed by atoms with Crippen molar-refractivity contribution in [2.45, 2.75) is 117 Å². The Morgan fingerprint density at radius 2 is 1.55 bits per heavy atom. The molecule has 10 heteroatoms. The molecule has 0 saturated carbocycles. The van der Waals surface area contributed by atoms with Crippen LogP contribution in [0.4, 0.5) is 9.59 Å². The first-order chi connectivity index (χ1) is 17.6. The summed E-state index contributed by atoms with van der Waals surface area (Å²) in [6, 6.07) is 6.12. The molecule has 1 aliphatic rings. The highest BCUT2D eigenvalue weighted by molar-refractivity contribution is 9.10. The lowest BCUT2D eigenvalue weighted by Crippen LogP contribution is -2.53. The summed E-state index contributed by atoms with van der Waals surface area (Å²) in [5, 5.41) is 0. The van der Waals surface area contributed by atoms with Crippen LogP contribution in [0.15, 0.2) is 28.7 Å². The fourth-order valence-electron chi connectivity index (χ4n) is 3.90. The van der Waals surface area contributed by atoms with Gasteiger partial charge in [-0.15, -0.1) is 0 Å². The Morgan fingerprint density at radius 1 is 1.00 bits per heavy atom. The molecule has 0 aliphatic carbocycles. The van der Waals surface area contributed by atoms with E-state index < -0.39 is 47.6 Å². The molecule has 1 aliphatic heterocycles. The zero-order chi connectivity index (χ0) is 28.7. The third kappa shape index (κ3) is 10.1. The summed E-state index contributed by atoms with van der Waals surface area (Å²) in [5.74, 6) is -0.138. The molecule has 1 saturated heterocycles. The largest absolute Gasteiger partial charge is 0.484 e. The van der Waals surface area contributed by atoms with Gasteiger partial charge in [0.2, 0.25) is 0 Å². The van der Waals surface area contributed by atoms with Crippen molar-refractivity contribution in [1.82, 2.24) is 4.90 Å². The van der Waals surface area contributed by atoms with Crippen LogP contribution in [0.5, 0.6) is 5.75 Å². The SMILES string of the molecule is CCCOC1CCCC(N(C(=O)OC(C)(C)C)C(=O)OC(C)(C)C)C(=O)OC(C)C1Oc1ccc(Br)cc1. The molecule has 1 fully saturated rings. The fraction of sp³-hybridized carbons (Fsp3) is 0.679. The summed E-state index contributed by atoms with van der Waals surface area (Å²) in [5.41, 5.74) is -1.79. The van der Waals surface area contributed by atoms with Gasteiger partial charge in [0, 0.05) is 11.1 Å². The number of rotatable bonds is 6. The lowest BCUT2D eigenvalue weighted by Gasteiger charge is -2.33. The van der Waals surface area contributed by atoms with Crippen LogP contribution in [0, 0.1) is 0 Å². The average molecular weight is 601 g/mol. The Bertz CT molecular complexity index is 910. The van der Waals surface area contributed by atoms with Crippen molar-refractivity contribution >= 4 is 34.1 Å². The summed E-state index contributed by atoms with van der Waals surface area (Å²) >= 11 is 3.42. The number of esters is 1. The van der Waals surface area contributed by atoms with E-state index in [4.69, 9.17) is 23.7 Å². The minimum atomic E-state index is -1.24. The Morgan fingerprint density at radius 3 is 2.05 bits per heavy atom. The highest BCUT2D eigenvalue weighted by Gasteiger charge is 2.44. The van der Waals surface area contributed by atoms with Crippen molar-refractivity contribution in [3.63, 3.8) is 0 Å². The first kappa shape index (κ1) is 31.9. The Hall–Kier alpha value is -2.33. The van der Waals surface area contributed by atoms with E-state index in [1.54, 1.807) is 48.5 Å². The standard InChI is InChI=1S/C28H42BrNO8/c1-9-17-34-22-12-10-11-21(30(25(32)37-27(3,4)5)26(33)38-28(6,7)8)24(31)35-18(2)23(22)36-20-15-13-19(29)14-16-20/h13-16,18,21-23H,9-12,17H2,1-8H3. The van der Waals surface area contributed by atoms with Crippen LogP contribution >= 0.6 is 15.9 Å². The number of benzene rings is 1. The number of amides is 2. The number of hydrogen-bond acceptors (Lipinski definition) is 8.